The second kappa shape index (κ2) is 6.10. The number of hydrogen-bond acceptors (Lipinski definition) is 3. The van der Waals surface area contributed by atoms with Crippen molar-refractivity contribution in [3.8, 4) is 5.75 Å². The standard InChI is InChI=1S/C17H16BrNO3/c18-14-3-1-2-12(8-14)16(21)17(22)19-7-6-11-9-15(20)5-4-13(11)10-19/h1-5,8-9,16,20-21H,6-7,10H2. The molecule has 114 valence electrons. The van der Waals surface area contributed by atoms with E-state index < -0.39 is 6.10 Å². The number of carbonyl (C=O) groups is 1. The number of phenolic OH excluding ortho intramolecular Hbond substituents is 1. The summed E-state index contributed by atoms with van der Waals surface area (Å²) in [5.41, 5.74) is 2.65. The van der Waals surface area contributed by atoms with Crippen LogP contribution >= 0.6 is 15.9 Å². The van der Waals surface area contributed by atoms with Crippen molar-refractivity contribution in [2.24, 2.45) is 0 Å². The number of amides is 1. The molecule has 1 atom stereocenters. The van der Waals surface area contributed by atoms with E-state index in [1.54, 1.807) is 35.2 Å². The van der Waals surface area contributed by atoms with Crippen LogP contribution in [0.2, 0.25) is 0 Å². The summed E-state index contributed by atoms with van der Waals surface area (Å²) in [6.45, 7) is 1.000. The van der Waals surface area contributed by atoms with Gasteiger partial charge in [0.15, 0.2) is 6.10 Å². The van der Waals surface area contributed by atoms with E-state index in [1.165, 1.54) is 0 Å². The summed E-state index contributed by atoms with van der Waals surface area (Å²) in [4.78, 5) is 14.2. The van der Waals surface area contributed by atoms with Gasteiger partial charge in [-0.1, -0.05) is 34.1 Å². The number of rotatable bonds is 2. The summed E-state index contributed by atoms with van der Waals surface area (Å²) in [7, 11) is 0. The minimum absolute atomic E-state index is 0.243. The molecule has 2 aromatic carbocycles. The maximum absolute atomic E-state index is 12.5. The predicted octanol–water partition coefficient (Wildman–Crippen LogP) is 2.77. The van der Waals surface area contributed by atoms with Gasteiger partial charge in [-0.2, -0.15) is 0 Å². The highest BCUT2D eigenvalue weighted by atomic mass is 79.9. The van der Waals surface area contributed by atoms with E-state index in [1.807, 2.05) is 12.1 Å². The van der Waals surface area contributed by atoms with E-state index in [2.05, 4.69) is 15.9 Å². The van der Waals surface area contributed by atoms with Gasteiger partial charge in [-0.05, 0) is 47.4 Å². The third kappa shape index (κ3) is 3.00. The van der Waals surface area contributed by atoms with Crippen LogP contribution in [0.4, 0.5) is 0 Å². The van der Waals surface area contributed by atoms with Crippen molar-refractivity contribution in [3.05, 3.63) is 63.6 Å². The fourth-order valence-corrected chi connectivity index (χ4v) is 3.14. The van der Waals surface area contributed by atoms with Crippen molar-refractivity contribution < 1.29 is 15.0 Å². The number of aliphatic hydroxyl groups is 1. The first-order chi connectivity index (χ1) is 10.5. The fraction of sp³-hybridized carbons (Fsp3) is 0.235. The Morgan fingerprint density at radius 2 is 2.00 bits per heavy atom. The molecule has 1 aliphatic heterocycles. The van der Waals surface area contributed by atoms with E-state index in [4.69, 9.17) is 0 Å². The highest BCUT2D eigenvalue weighted by molar-refractivity contribution is 9.10. The summed E-state index contributed by atoms with van der Waals surface area (Å²) in [6.07, 6.45) is -0.475. The Kier molecular flexibility index (Phi) is 4.18. The maximum atomic E-state index is 12.5. The van der Waals surface area contributed by atoms with Crippen LogP contribution in [0.3, 0.4) is 0 Å². The summed E-state index contributed by atoms with van der Waals surface area (Å²) in [5.74, 6) is -0.0514. The van der Waals surface area contributed by atoms with Crippen LogP contribution in [0.1, 0.15) is 22.8 Å². The zero-order valence-electron chi connectivity index (χ0n) is 11.9. The van der Waals surface area contributed by atoms with E-state index in [-0.39, 0.29) is 11.7 Å². The van der Waals surface area contributed by atoms with Crippen LogP contribution in [0.5, 0.6) is 5.75 Å². The number of nitrogens with zero attached hydrogens (tertiary/aromatic N) is 1. The van der Waals surface area contributed by atoms with Gasteiger partial charge in [-0.3, -0.25) is 4.79 Å². The van der Waals surface area contributed by atoms with Gasteiger partial charge < -0.3 is 15.1 Å². The van der Waals surface area contributed by atoms with Crippen LogP contribution in [-0.2, 0) is 17.8 Å². The summed E-state index contributed by atoms with van der Waals surface area (Å²) >= 11 is 3.34. The first-order valence-electron chi connectivity index (χ1n) is 7.07. The molecule has 22 heavy (non-hydrogen) atoms. The average molecular weight is 362 g/mol. The van der Waals surface area contributed by atoms with Crippen molar-refractivity contribution in [3.63, 3.8) is 0 Å². The lowest BCUT2D eigenvalue weighted by molar-refractivity contribution is -0.141. The molecule has 1 amide bonds. The number of hydrogen-bond donors (Lipinski definition) is 2. The highest BCUT2D eigenvalue weighted by Crippen LogP contribution is 2.26. The molecule has 3 rings (SSSR count). The van der Waals surface area contributed by atoms with Crippen molar-refractivity contribution in [2.45, 2.75) is 19.1 Å². The van der Waals surface area contributed by atoms with Gasteiger partial charge in [0.25, 0.3) is 5.91 Å². The fourth-order valence-electron chi connectivity index (χ4n) is 2.72. The van der Waals surface area contributed by atoms with Gasteiger partial charge >= 0.3 is 0 Å². The topological polar surface area (TPSA) is 60.8 Å². The van der Waals surface area contributed by atoms with E-state index >= 15 is 0 Å². The molecular weight excluding hydrogens is 346 g/mol. The Balaban J connectivity index is 1.77. The minimum Gasteiger partial charge on any atom is -0.508 e. The van der Waals surface area contributed by atoms with Crippen LogP contribution in [0.15, 0.2) is 46.9 Å². The predicted molar refractivity (Wildman–Crippen MR) is 86.3 cm³/mol. The van der Waals surface area contributed by atoms with Crippen LogP contribution in [0, 0.1) is 0 Å². The normalized spacial score (nSPS) is 15.3. The number of fused-ring (bicyclic) bond motifs is 1. The Morgan fingerprint density at radius 1 is 1.18 bits per heavy atom. The Labute approximate surface area is 137 Å². The number of phenols is 1. The molecule has 0 bridgehead atoms. The molecule has 1 heterocycles. The molecule has 0 fully saturated rings. The Bertz CT molecular complexity index is 717. The lowest BCUT2D eigenvalue weighted by atomic mass is 9.98. The second-order valence-electron chi connectivity index (χ2n) is 5.42. The van der Waals surface area contributed by atoms with E-state index in [9.17, 15) is 15.0 Å². The van der Waals surface area contributed by atoms with Gasteiger partial charge in [0.1, 0.15) is 5.75 Å². The molecule has 2 N–H and O–H groups in total. The second-order valence-corrected chi connectivity index (χ2v) is 6.34. The van der Waals surface area contributed by atoms with Crippen molar-refractivity contribution in [1.82, 2.24) is 4.90 Å². The van der Waals surface area contributed by atoms with Crippen molar-refractivity contribution in [2.75, 3.05) is 6.54 Å². The molecule has 0 saturated heterocycles. The Hall–Kier alpha value is -1.85. The number of carbonyl (C=O) groups excluding carboxylic acids is 1. The zero-order chi connectivity index (χ0) is 15.7. The lowest BCUT2D eigenvalue weighted by Gasteiger charge is -2.30. The first-order valence-corrected chi connectivity index (χ1v) is 7.87. The van der Waals surface area contributed by atoms with Crippen molar-refractivity contribution >= 4 is 21.8 Å². The molecule has 0 spiro atoms. The van der Waals surface area contributed by atoms with Gasteiger partial charge in [0.05, 0.1) is 0 Å². The number of aromatic hydroxyl groups is 1. The lowest BCUT2D eigenvalue weighted by Crippen LogP contribution is -2.39. The quantitative estimate of drug-likeness (QED) is 0.864. The van der Waals surface area contributed by atoms with Gasteiger partial charge in [-0.15, -0.1) is 0 Å². The third-order valence-electron chi connectivity index (χ3n) is 3.91. The smallest absolute Gasteiger partial charge is 0.256 e. The summed E-state index contributed by atoms with van der Waals surface area (Å²) < 4.78 is 0.830. The van der Waals surface area contributed by atoms with Gasteiger partial charge in [-0.25, -0.2) is 0 Å². The summed E-state index contributed by atoms with van der Waals surface area (Å²) in [5, 5.41) is 19.8. The van der Waals surface area contributed by atoms with Crippen LogP contribution < -0.4 is 0 Å². The van der Waals surface area contributed by atoms with Gasteiger partial charge in [0, 0.05) is 17.6 Å². The molecule has 5 heteroatoms. The molecule has 0 radical (unpaired) electrons. The highest BCUT2D eigenvalue weighted by Gasteiger charge is 2.27. The molecular formula is C17H16BrNO3. The largest absolute Gasteiger partial charge is 0.508 e. The van der Waals surface area contributed by atoms with E-state index in [0.29, 0.717) is 25.1 Å². The first kappa shape index (κ1) is 15.1. The SMILES string of the molecule is O=C(C(O)c1cccc(Br)c1)N1CCc2cc(O)ccc2C1. The molecule has 1 aliphatic rings. The van der Waals surface area contributed by atoms with Crippen LogP contribution in [-0.4, -0.2) is 27.6 Å². The number of benzene rings is 2. The zero-order valence-corrected chi connectivity index (χ0v) is 13.5. The van der Waals surface area contributed by atoms with E-state index in [0.717, 1.165) is 15.6 Å². The molecule has 2 aromatic rings. The van der Waals surface area contributed by atoms with Crippen molar-refractivity contribution in [1.29, 1.82) is 0 Å². The van der Waals surface area contributed by atoms with Gasteiger partial charge in [0.2, 0.25) is 0 Å². The molecule has 0 aliphatic carbocycles. The Morgan fingerprint density at radius 3 is 2.77 bits per heavy atom. The number of halogens is 1. The monoisotopic (exact) mass is 361 g/mol. The maximum Gasteiger partial charge on any atom is 0.256 e. The summed E-state index contributed by atoms with van der Waals surface area (Å²) in [6, 6.07) is 12.3. The minimum atomic E-state index is -1.16. The van der Waals surface area contributed by atoms with Crippen LogP contribution in [0.25, 0.3) is 0 Å². The average Bonchev–Trinajstić information content (AvgIpc) is 2.53. The molecule has 0 aromatic heterocycles. The number of aliphatic hydroxyl groups excluding tert-OH is 1. The molecule has 1 unspecified atom stereocenters. The molecule has 4 nitrogen and oxygen atoms in total. The third-order valence-corrected chi connectivity index (χ3v) is 4.41. The molecule has 0 saturated carbocycles.